The SMILES string of the molecule is COc1ccc(S(=O)(=O)Nc2ccccc2Cl)cc1NC(=O)c1ccccc1. The van der Waals surface area contributed by atoms with E-state index >= 15 is 0 Å². The molecule has 0 aromatic heterocycles. The fraction of sp³-hybridized carbons (Fsp3) is 0.0500. The molecule has 0 saturated carbocycles. The summed E-state index contributed by atoms with van der Waals surface area (Å²) in [6, 6.07) is 19.3. The van der Waals surface area contributed by atoms with Crippen LogP contribution in [0.15, 0.2) is 77.7 Å². The maximum atomic E-state index is 12.7. The molecule has 0 radical (unpaired) electrons. The van der Waals surface area contributed by atoms with E-state index in [2.05, 4.69) is 10.0 Å². The van der Waals surface area contributed by atoms with Crippen LogP contribution in [0.1, 0.15) is 10.4 Å². The number of methoxy groups -OCH3 is 1. The van der Waals surface area contributed by atoms with Crippen molar-refractivity contribution in [2.75, 3.05) is 17.1 Å². The van der Waals surface area contributed by atoms with Crippen LogP contribution < -0.4 is 14.8 Å². The van der Waals surface area contributed by atoms with E-state index in [9.17, 15) is 13.2 Å². The van der Waals surface area contributed by atoms with Crippen LogP contribution >= 0.6 is 11.6 Å². The van der Waals surface area contributed by atoms with Crippen LogP contribution in [0, 0.1) is 0 Å². The number of anilines is 2. The van der Waals surface area contributed by atoms with Crippen molar-refractivity contribution in [3.05, 3.63) is 83.4 Å². The molecular weight excluding hydrogens is 400 g/mol. The van der Waals surface area contributed by atoms with Gasteiger partial charge in [-0.15, -0.1) is 0 Å². The molecule has 28 heavy (non-hydrogen) atoms. The highest BCUT2D eigenvalue weighted by atomic mass is 35.5. The van der Waals surface area contributed by atoms with Crippen LogP contribution in [-0.2, 0) is 10.0 Å². The molecule has 2 N–H and O–H groups in total. The van der Waals surface area contributed by atoms with Crippen molar-refractivity contribution >= 4 is 38.9 Å². The van der Waals surface area contributed by atoms with Crippen molar-refractivity contribution in [3.8, 4) is 5.75 Å². The van der Waals surface area contributed by atoms with Gasteiger partial charge in [-0.3, -0.25) is 9.52 Å². The number of carbonyl (C=O) groups is 1. The van der Waals surface area contributed by atoms with E-state index in [-0.39, 0.29) is 27.2 Å². The van der Waals surface area contributed by atoms with Crippen LogP contribution in [0.25, 0.3) is 0 Å². The van der Waals surface area contributed by atoms with Crippen molar-refractivity contribution in [1.29, 1.82) is 0 Å². The Bertz CT molecular complexity index is 1100. The van der Waals surface area contributed by atoms with E-state index in [1.807, 2.05) is 0 Å². The van der Waals surface area contributed by atoms with Crippen LogP contribution in [0.5, 0.6) is 5.75 Å². The lowest BCUT2D eigenvalue weighted by atomic mass is 10.2. The first-order valence-electron chi connectivity index (χ1n) is 8.22. The number of hydrogen-bond donors (Lipinski definition) is 2. The smallest absolute Gasteiger partial charge is 0.262 e. The number of sulfonamides is 1. The Labute approximate surface area is 168 Å². The van der Waals surface area contributed by atoms with Gasteiger partial charge in [0.1, 0.15) is 5.75 Å². The Kier molecular flexibility index (Phi) is 5.87. The van der Waals surface area contributed by atoms with E-state index in [0.29, 0.717) is 11.3 Å². The van der Waals surface area contributed by atoms with Gasteiger partial charge in [-0.05, 0) is 42.5 Å². The standard InChI is InChI=1S/C20H17ClN2O4S/c1-27-19-12-11-15(28(25,26)23-17-10-6-5-9-16(17)21)13-18(19)22-20(24)14-7-3-2-4-8-14/h2-13,23H,1H3,(H,22,24). The van der Waals surface area contributed by atoms with Gasteiger partial charge < -0.3 is 10.1 Å². The third-order valence-corrected chi connectivity index (χ3v) is 5.58. The van der Waals surface area contributed by atoms with Gasteiger partial charge in [-0.25, -0.2) is 8.42 Å². The molecule has 144 valence electrons. The minimum Gasteiger partial charge on any atom is -0.495 e. The van der Waals surface area contributed by atoms with Gasteiger partial charge in [-0.2, -0.15) is 0 Å². The summed E-state index contributed by atoms with van der Waals surface area (Å²) in [6.45, 7) is 0. The molecule has 0 aliphatic rings. The summed E-state index contributed by atoms with van der Waals surface area (Å²) >= 11 is 6.03. The van der Waals surface area contributed by atoms with Gasteiger partial charge in [0.25, 0.3) is 15.9 Å². The number of rotatable bonds is 6. The third kappa shape index (κ3) is 4.44. The Morgan fingerprint density at radius 2 is 1.61 bits per heavy atom. The Hall–Kier alpha value is -3.03. The Balaban J connectivity index is 1.92. The molecule has 0 aliphatic heterocycles. The highest BCUT2D eigenvalue weighted by Gasteiger charge is 2.19. The maximum Gasteiger partial charge on any atom is 0.262 e. The van der Waals surface area contributed by atoms with E-state index < -0.39 is 10.0 Å². The zero-order chi connectivity index (χ0) is 20.1. The monoisotopic (exact) mass is 416 g/mol. The largest absolute Gasteiger partial charge is 0.495 e. The predicted octanol–water partition coefficient (Wildman–Crippen LogP) is 4.40. The van der Waals surface area contributed by atoms with E-state index in [0.717, 1.165) is 0 Å². The molecule has 8 heteroatoms. The van der Waals surface area contributed by atoms with Gasteiger partial charge >= 0.3 is 0 Å². The molecule has 3 aromatic rings. The maximum absolute atomic E-state index is 12.7. The molecule has 0 unspecified atom stereocenters. The van der Waals surface area contributed by atoms with Crippen LogP contribution in [0.3, 0.4) is 0 Å². The zero-order valence-electron chi connectivity index (χ0n) is 14.8. The van der Waals surface area contributed by atoms with Crippen molar-refractivity contribution < 1.29 is 17.9 Å². The molecule has 0 aliphatic carbocycles. The molecule has 0 fully saturated rings. The number of carbonyl (C=O) groups excluding carboxylic acids is 1. The summed E-state index contributed by atoms with van der Waals surface area (Å²) in [7, 11) is -2.49. The third-order valence-electron chi connectivity index (χ3n) is 3.88. The van der Waals surface area contributed by atoms with E-state index in [1.165, 1.54) is 25.3 Å². The van der Waals surface area contributed by atoms with Crippen molar-refractivity contribution in [3.63, 3.8) is 0 Å². The van der Waals surface area contributed by atoms with Crippen molar-refractivity contribution in [2.24, 2.45) is 0 Å². The van der Waals surface area contributed by atoms with Crippen LogP contribution in [0.4, 0.5) is 11.4 Å². The summed E-state index contributed by atoms with van der Waals surface area (Å²) < 4.78 is 33.2. The molecule has 3 aromatic carbocycles. The average Bonchev–Trinajstić information content (AvgIpc) is 2.70. The highest BCUT2D eigenvalue weighted by molar-refractivity contribution is 7.92. The lowest BCUT2D eigenvalue weighted by Crippen LogP contribution is -2.16. The zero-order valence-corrected chi connectivity index (χ0v) is 16.4. The molecule has 6 nitrogen and oxygen atoms in total. The first-order valence-corrected chi connectivity index (χ1v) is 10.1. The van der Waals surface area contributed by atoms with Gasteiger partial charge in [-0.1, -0.05) is 41.9 Å². The predicted molar refractivity (Wildman–Crippen MR) is 110 cm³/mol. The minimum atomic E-state index is -3.93. The fourth-order valence-electron chi connectivity index (χ4n) is 2.48. The van der Waals surface area contributed by atoms with Gasteiger partial charge in [0.15, 0.2) is 0 Å². The molecule has 0 atom stereocenters. The van der Waals surface area contributed by atoms with Gasteiger partial charge in [0, 0.05) is 5.56 Å². The van der Waals surface area contributed by atoms with Crippen LogP contribution in [0.2, 0.25) is 5.02 Å². The van der Waals surface area contributed by atoms with Crippen molar-refractivity contribution in [2.45, 2.75) is 4.90 Å². The number of nitrogens with one attached hydrogen (secondary N) is 2. The summed E-state index contributed by atoms with van der Waals surface area (Å²) in [5, 5.41) is 2.96. The summed E-state index contributed by atoms with van der Waals surface area (Å²) in [4.78, 5) is 12.4. The minimum absolute atomic E-state index is 0.0448. The Morgan fingerprint density at radius 1 is 0.929 bits per heavy atom. The number of halogens is 1. The second-order valence-electron chi connectivity index (χ2n) is 5.77. The number of benzene rings is 3. The molecule has 0 saturated heterocycles. The highest BCUT2D eigenvalue weighted by Crippen LogP contribution is 2.30. The number of para-hydroxylation sites is 1. The molecule has 3 rings (SSSR count). The summed E-state index contributed by atoms with van der Waals surface area (Å²) in [5.74, 6) is -0.0477. The lowest BCUT2D eigenvalue weighted by molar-refractivity contribution is 0.102. The second-order valence-corrected chi connectivity index (χ2v) is 7.86. The first kappa shape index (κ1) is 19.7. The molecular formula is C20H17ClN2O4S. The second kappa shape index (κ2) is 8.33. The molecule has 0 spiro atoms. The molecule has 0 heterocycles. The Morgan fingerprint density at radius 3 is 2.29 bits per heavy atom. The van der Waals surface area contributed by atoms with E-state index in [4.69, 9.17) is 16.3 Å². The molecule has 0 bridgehead atoms. The number of ether oxygens (including phenoxy) is 1. The van der Waals surface area contributed by atoms with Gasteiger partial charge in [0.2, 0.25) is 0 Å². The van der Waals surface area contributed by atoms with Gasteiger partial charge in [0.05, 0.1) is 28.4 Å². The summed E-state index contributed by atoms with van der Waals surface area (Å²) in [5.41, 5.74) is 0.931. The number of amides is 1. The first-order chi connectivity index (χ1) is 13.4. The van der Waals surface area contributed by atoms with E-state index in [1.54, 1.807) is 54.6 Å². The lowest BCUT2D eigenvalue weighted by Gasteiger charge is -2.14. The van der Waals surface area contributed by atoms with Crippen LogP contribution in [-0.4, -0.2) is 21.4 Å². The fourth-order valence-corrected chi connectivity index (χ4v) is 3.83. The summed E-state index contributed by atoms with van der Waals surface area (Å²) in [6.07, 6.45) is 0. The average molecular weight is 417 g/mol. The quantitative estimate of drug-likeness (QED) is 0.623. The van der Waals surface area contributed by atoms with Crippen molar-refractivity contribution in [1.82, 2.24) is 0 Å². The normalized spacial score (nSPS) is 10.9. The topological polar surface area (TPSA) is 84.5 Å². The molecule has 1 amide bonds. The number of hydrogen-bond acceptors (Lipinski definition) is 4.